The van der Waals surface area contributed by atoms with Crippen molar-refractivity contribution in [1.82, 2.24) is 5.32 Å². The Balaban J connectivity index is 2.18. The zero-order chi connectivity index (χ0) is 11.8. The molecule has 0 aliphatic rings. The number of carbonyl (C=O) groups excluding carboxylic acids is 1. The van der Waals surface area contributed by atoms with Gasteiger partial charge in [-0.25, -0.2) is 0 Å². The van der Waals surface area contributed by atoms with Gasteiger partial charge in [0.15, 0.2) is 0 Å². The largest absolute Gasteiger partial charge is 0.465 e. The summed E-state index contributed by atoms with van der Waals surface area (Å²) < 4.78 is 5.88. The summed E-state index contributed by atoms with van der Waals surface area (Å²) in [6.45, 7) is 3.29. The Morgan fingerprint density at radius 1 is 1.50 bits per heavy atom. The number of nitrogens with one attached hydrogen (secondary N) is 1. The van der Waals surface area contributed by atoms with Crippen molar-refractivity contribution in [1.29, 1.82) is 0 Å². The van der Waals surface area contributed by atoms with E-state index >= 15 is 0 Å². The van der Waals surface area contributed by atoms with Crippen LogP contribution in [-0.4, -0.2) is 25.7 Å². The molecule has 0 spiro atoms. The first-order valence-corrected chi connectivity index (χ1v) is 6.12. The van der Waals surface area contributed by atoms with E-state index in [1.165, 1.54) is 5.56 Å². The highest BCUT2D eigenvalue weighted by molar-refractivity contribution is 9.10. The van der Waals surface area contributed by atoms with E-state index in [0.717, 1.165) is 17.4 Å². The minimum Gasteiger partial charge on any atom is -0.465 e. The summed E-state index contributed by atoms with van der Waals surface area (Å²) in [6, 6.07) is 8.14. The van der Waals surface area contributed by atoms with E-state index in [2.05, 4.69) is 33.4 Å². The van der Waals surface area contributed by atoms with Crippen LogP contribution in [0.3, 0.4) is 0 Å². The van der Waals surface area contributed by atoms with Crippen LogP contribution in [0.2, 0.25) is 0 Å². The zero-order valence-electron chi connectivity index (χ0n) is 9.33. The summed E-state index contributed by atoms with van der Waals surface area (Å²) >= 11 is 3.42. The van der Waals surface area contributed by atoms with Crippen LogP contribution >= 0.6 is 15.9 Å². The lowest BCUT2D eigenvalue weighted by molar-refractivity contribution is -0.141. The lowest BCUT2D eigenvalue weighted by Crippen LogP contribution is -2.26. The van der Waals surface area contributed by atoms with E-state index in [-0.39, 0.29) is 12.5 Å². The summed E-state index contributed by atoms with van der Waals surface area (Å²) in [5.74, 6) is -0.197. The van der Waals surface area contributed by atoms with Crippen LogP contribution in [0.1, 0.15) is 12.5 Å². The van der Waals surface area contributed by atoms with Crippen molar-refractivity contribution in [2.24, 2.45) is 0 Å². The Kier molecular flexibility index (Phi) is 6.11. The van der Waals surface area contributed by atoms with Crippen molar-refractivity contribution >= 4 is 21.9 Å². The third-order valence-corrected chi connectivity index (χ3v) is 2.55. The molecular weight excluding hydrogens is 270 g/mol. The SMILES string of the molecule is CCOC(=O)CNCCc1cccc(Br)c1. The molecule has 1 aromatic rings. The van der Waals surface area contributed by atoms with Gasteiger partial charge in [-0.05, 0) is 37.6 Å². The average molecular weight is 286 g/mol. The summed E-state index contributed by atoms with van der Waals surface area (Å²) in [5, 5.41) is 3.05. The van der Waals surface area contributed by atoms with Crippen LogP contribution < -0.4 is 5.32 Å². The van der Waals surface area contributed by atoms with Gasteiger partial charge >= 0.3 is 5.97 Å². The Morgan fingerprint density at radius 3 is 3.00 bits per heavy atom. The molecule has 1 N–H and O–H groups in total. The number of ether oxygens (including phenoxy) is 1. The first-order valence-electron chi connectivity index (χ1n) is 5.33. The minimum absolute atomic E-state index is 0.197. The van der Waals surface area contributed by atoms with Gasteiger partial charge in [0.2, 0.25) is 0 Å². The Morgan fingerprint density at radius 2 is 2.31 bits per heavy atom. The Hall–Kier alpha value is -0.870. The predicted octanol–water partition coefficient (Wildman–Crippen LogP) is 2.14. The second-order valence-corrected chi connectivity index (χ2v) is 4.28. The third-order valence-electron chi connectivity index (χ3n) is 2.05. The monoisotopic (exact) mass is 285 g/mol. The fourth-order valence-electron chi connectivity index (χ4n) is 1.33. The zero-order valence-corrected chi connectivity index (χ0v) is 10.9. The highest BCUT2D eigenvalue weighted by atomic mass is 79.9. The molecule has 0 saturated heterocycles. The van der Waals surface area contributed by atoms with Crippen molar-refractivity contribution in [2.75, 3.05) is 19.7 Å². The first kappa shape index (κ1) is 13.2. The second kappa shape index (κ2) is 7.41. The number of rotatable bonds is 6. The van der Waals surface area contributed by atoms with Crippen LogP contribution in [0, 0.1) is 0 Å². The summed E-state index contributed by atoms with van der Waals surface area (Å²) in [5.41, 5.74) is 1.24. The molecule has 0 aliphatic heterocycles. The van der Waals surface area contributed by atoms with Crippen LogP contribution in [0.4, 0.5) is 0 Å². The van der Waals surface area contributed by atoms with Gasteiger partial charge in [0.25, 0.3) is 0 Å². The van der Waals surface area contributed by atoms with E-state index in [0.29, 0.717) is 6.61 Å². The molecule has 0 amide bonds. The van der Waals surface area contributed by atoms with Crippen molar-refractivity contribution in [2.45, 2.75) is 13.3 Å². The molecule has 88 valence electrons. The van der Waals surface area contributed by atoms with Gasteiger partial charge in [0.1, 0.15) is 0 Å². The fraction of sp³-hybridized carbons (Fsp3) is 0.417. The number of esters is 1. The molecule has 0 unspecified atom stereocenters. The topological polar surface area (TPSA) is 38.3 Å². The van der Waals surface area contributed by atoms with Crippen LogP contribution in [0.25, 0.3) is 0 Å². The molecule has 1 rings (SSSR count). The molecule has 0 aliphatic carbocycles. The van der Waals surface area contributed by atoms with Gasteiger partial charge < -0.3 is 10.1 Å². The Bertz CT molecular complexity index is 342. The van der Waals surface area contributed by atoms with Gasteiger partial charge in [0, 0.05) is 4.47 Å². The van der Waals surface area contributed by atoms with Gasteiger partial charge in [-0.2, -0.15) is 0 Å². The normalized spacial score (nSPS) is 10.1. The van der Waals surface area contributed by atoms with E-state index in [4.69, 9.17) is 4.74 Å². The molecule has 0 radical (unpaired) electrons. The average Bonchev–Trinajstić information content (AvgIpc) is 2.25. The number of hydrogen-bond acceptors (Lipinski definition) is 3. The number of benzene rings is 1. The number of hydrogen-bond donors (Lipinski definition) is 1. The van der Waals surface area contributed by atoms with E-state index < -0.39 is 0 Å². The smallest absolute Gasteiger partial charge is 0.319 e. The molecular formula is C12H16BrNO2. The second-order valence-electron chi connectivity index (χ2n) is 3.36. The van der Waals surface area contributed by atoms with Crippen LogP contribution in [0.5, 0.6) is 0 Å². The van der Waals surface area contributed by atoms with Crippen molar-refractivity contribution in [3.63, 3.8) is 0 Å². The molecule has 16 heavy (non-hydrogen) atoms. The third kappa shape index (κ3) is 5.28. The standard InChI is InChI=1S/C12H16BrNO2/c1-2-16-12(15)9-14-7-6-10-4-3-5-11(13)8-10/h3-5,8,14H,2,6-7,9H2,1H3. The Labute approximate surface area is 104 Å². The van der Waals surface area contributed by atoms with Gasteiger partial charge in [-0.1, -0.05) is 28.1 Å². The molecule has 0 saturated carbocycles. The molecule has 0 aromatic heterocycles. The molecule has 0 atom stereocenters. The molecule has 0 bridgehead atoms. The van der Waals surface area contributed by atoms with E-state index in [9.17, 15) is 4.79 Å². The predicted molar refractivity (Wildman–Crippen MR) is 67.3 cm³/mol. The lowest BCUT2D eigenvalue weighted by Gasteiger charge is -2.05. The van der Waals surface area contributed by atoms with Gasteiger partial charge in [-0.15, -0.1) is 0 Å². The van der Waals surface area contributed by atoms with E-state index in [1.807, 2.05) is 12.1 Å². The maximum absolute atomic E-state index is 11.0. The van der Waals surface area contributed by atoms with E-state index in [1.54, 1.807) is 6.92 Å². The van der Waals surface area contributed by atoms with Crippen LogP contribution in [0.15, 0.2) is 28.7 Å². The van der Waals surface area contributed by atoms with Crippen molar-refractivity contribution in [3.8, 4) is 0 Å². The first-order chi connectivity index (χ1) is 7.72. The molecule has 1 aromatic carbocycles. The van der Waals surface area contributed by atoms with Crippen LogP contribution in [-0.2, 0) is 16.0 Å². The van der Waals surface area contributed by atoms with Crippen molar-refractivity contribution < 1.29 is 9.53 Å². The lowest BCUT2D eigenvalue weighted by atomic mass is 10.1. The molecule has 3 nitrogen and oxygen atoms in total. The van der Waals surface area contributed by atoms with Gasteiger partial charge in [0.05, 0.1) is 13.2 Å². The summed E-state index contributed by atoms with van der Waals surface area (Å²) in [7, 11) is 0. The molecule has 0 heterocycles. The minimum atomic E-state index is -0.197. The highest BCUT2D eigenvalue weighted by Gasteiger charge is 2.00. The molecule has 0 fully saturated rings. The fourth-order valence-corrected chi connectivity index (χ4v) is 1.77. The summed E-state index contributed by atoms with van der Waals surface area (Å²) in [4.78, 5) is 11.0. The maximum atomic E-state index is 11.0. The quantitative estimate of drug-likeness (QED) is 0.643. The maximum Gasteiger partial charge on any atom is 0.319 e. The number of carbonyl (C=O) groups is 1. The molecule has 4 heteroatoms. The highest BCUT2D eigenvalue weighted by Crippen LogP contribution is 2.11. The summed E-state index contributed by atoms with van der Waals surface area (Å²) in [6.07, 6.45) is 0.902. The van der Waals surface area contributed by atoms with Crippen molar-refractivity contribution in [3.05, 3.63) is 34.3 Å². The number of halogens is 1. The van der Waals surface area contributed by atoms with Gasteiger partial charge in [-0.3, -0.25) is 4.79 Å².